The molecule has 0 aliphatic heterocycles. The molecule has 0 fully saturated rings. The summed E-state index contributed by atoms with van der Waals surface area (Å²) in [6, 6.07) is 7.34. The Morgan fingerprint density at radius 2 is 2.18 bits per heavy atom. The highest BCUT2D eigenvalue weighted by Gasteiger charge is 1.96. The second kappa shape index (κ2) is 3.69. The summed E-state index contributed by atoms with van der Waals surface area (Å²) in [5.41, 5.74) is 1.38. The molecule has 0 heterocycles. The van der Waals surface area contributed by atoms with Crippen molar-refractivity contribution in [3.63, 3.8) is 0 Å². The molecule has 0 atom stereocenters. The molecular formula is C8H6INO. The third kappa shape index (κ3) is 2.17. The summed E-state index contributed by atoms with van der Waals surface area (Å²) in [6.07, 6.45) is 0. The summed E-state index contributed by atoms with van der Waals surface area (Å²) in [4.78, 5) is 0. The molecule has 1 aromatic rings. The monoisotopic (exact) mass is 259 g/mol. The molecule has 0 saturated carbocycles. The van der Waals surface area contributed by atoms with E-state index in [9.17, 15) is 0 Å². The smallest absolute Gasteiger partial charge is 0.0992 e. The highest BCUT2D eigenvalue weighted by Crippen LogP contribution is 2.11. The molecule has 0 radical (unpaired) electrons. The van der Waals surface area contributed by atoms with Gasteiger partial charge in [-0.15, -0.1) is 0 Å². The van der Waals surface area contributed by atoms with Crippen LogP contribution < -0.4 is 0 Å². The van der Waals surface area contributed by atoms with Crippen LogP contribution in [-0.4, -0.2) is 5.11 Å². The number of aliphatic hydroxyl groups is 1. The van der Waals surface area contributed by atoms with Crippen molar-refractivity contribution in [1.29, 1.82) is 5.26 Å². The molecule has 0 aliphatic rings. The van der Waals surface area contributed by atoms with Crippen LogP contribution >= 0.6 is 22.6 Å². The first-order valence-electron chi connectivity index (χ1n) is 3.06. The fourth-order valence-electron chi connectivity index (χ4n) is 0.806. The molecular weight excluding hydrogens is 253 g/mol. The van der Waals surface area contributed by atoms with E-state index < -0.39 is 0 Å². The van der Waals surface area contributed by atoms with E-state index in [1.165, 1.54) is 0 Å². The molecule has 0 spiro atoms. The summed E-state index contributed by atoms with van der Waals surface area (Å²) in [7, 11) is 0. The lowest BCUT2D eigenvalue weighted by atomic mass is 10.1. The van der Waals surface area contributed by atoms with Gasteiger partial charge in [0.15, 0.2) is 0 Å². The Balaban J connectivity index is 3.15. The Labute approximate surface area is 78.6 Å². The van der Waals surface area contributed by atoms with Gasteiger partial charge in [-0.25, -0.2) is 0 Å². The molecule has 0 bridgehead atoms. The van der Waals surface area contributed by atoms with E-state index in [2.05, 4.69) is 22.6 Å². The molecule has 0 saturated heterocycles. The van der Waals surface area contributed by atoms with Crippen LogP contribution in [0.2, 0.25) is 0 Å². The fraction of sp³-hybridized carbons (Fsp3) is 0.125. The minimum atomic E-state index is -0.00841. The lowest BCUT2D eigenvalue weighted by molar-refractivity contribution is 0.281. The van der Waals surface area contributed by atoms with E-state index in [1.807, 2.05) is 12.1 Å². The number of aliphatic hydroxyl groups excluding tert-OH is 1. The Hall–Kier alpha value is -0.600. The van der Waals surface area contributed by atoms with Crippen molar-refractivity contribution in [2.75, 3.05) is 0 Å². The van der Waals surface area contributed by atoms with Crippen LogP contribution in [0.3, 0.4) is 0 Å². The summed E-state index contributed by atoms with van der Waals surface area (Å²) in [6.45, 7) is -0.00841. The standard InChI is InChI=1S/C8H6INO/c9-8-2-6(4-10)1-7(3-8)5-11/h1-3,11H,5H2. The van der Waals surface area contributed by atoms with Gasteiger partial charge in [-0.3, -0.25) is 0 Å². The number of rotatable bonds is 1. The van der Waals surface area contributed by atoms with Crippen LogP contribution in [0, 0.1) is 14.9 Å². The number of nitriles is 1. The van der Waals surface area contributed by atoms with Gasteiger partial charge >= 0.3 is 0 Å². The average Bonchev–Trinajstić information content (AvgIpc) is 2.03. The third-order valence-corrected chi connectivity index (χ3v) is 1.89. The van der Waals surface area contributed by atoms with Gasteiger partial charge < -0.3 is 5.11 Å². The number of halogens is 1. The van der Waals surface area contributed by atoms with E-state index >= 15 is 0 Å². The molecule has 11 heavy (non-hydrogen) atoms. The molecule has 1 N–H and O–H groups in total. The van der Waals surface area contributed by atoms with Crippen LogP contribution in [0.15, 0.2) is 18.2 Å². The molecule has 3 heteroatoms. The Kier molecular flexibility index (Phi) is 2.85. The second-order valence-corrected chi connectivity index (χ2v) is 3.36. The number of nitrogens with zero attached hydrogens (tertiary/aromatic N) is 1. The lowest BCUT2D eigenvalue weighted by Crippen LogP contribution is -1.86. The van der Waals surface area contributed by atoms with Crippen molar-refractivity contribution >= 4 is 22.6 Å². The highest BCUT2D eigenvalue weighted by atomic mass is 127. The zero-order valence-corrected chi connectivity index (χ0v) is 7.87. The van der Waals surface area contributed by atoms with Gasteiger partial charge in [-0.1, -0.05) is 0 Å². The van der Waals surface area contributed by atoms with E-state index in [-0.39, 0.29) is 6.61 Å². The predicted molar refractivity (Wildman–Crippen MR) is 49.8 cm³/mol. The largest absolute Gasteiger partial charge is 0.392 e. The lowest BCUT2D eigenvalue weighted by Gasteiger charge is -1.97. The Bertz CT molecular complexity index is 303. The van der Waals surface area contributed by atoms with E-state index in [0.717, 1.165) is 9.13 Å². The number of hydrogen-bond acceptors (Lipinski definition) is 2. The predicted octanol–water partition coefficient (Wildman–Crippen LogP) is 1.66. The molecule has 1 aromatic carbocycles. The SMILES string of the molecule is N#Cc1cc(I)cc(CO)c1. The second-order valence-electron chi connectivity index (χ2n) is 2.12. The maximum Gasteiger partial charge on any atom is 0.0992 e. The van der Waals surface area contributed by atoms with Crippen molar-refractivity contribution in [1.82, 2.24) is 0 Å². The highest BCUT2D eigenvalue weighted by molar-refractivity contribution is 14.1. The summed E-state index contributed by atoms with van der Waals surface area (Å²) in [5.74, 6) is 0. The van der Waals surface area contributed by atoms with E-state index in [1.54, 1.807) is 12.1 Å². The molecule has 0 unspecified atom stereocenters. The molecule has 2 nitrogen and oxygen atoms in total. The summed E-state index contributed by atoms with van der Waals surface area (Å²) >= 11 is 2.12. The minimum Gasteiger partial charge on any atom is -0.392 e. The molecule has 0 amide bonds. The quantitative estimate of drug-likeness (QED) is 0.779. The normalized spacial score (nSPS) is 9.18. The molecule has 0 aliphatic carbocycles. The van der Waals surface area contributed by atoms with Crippen LogP contribution in [0.5, 0.6) is 0 Å². The number of benzene rings is 1. The average molecular weight is 259 g/mol. The van der Waals surface area contributed by atoms with Crippen LogP contribution in [0.4, 0.5) is 0 Å². The summed E-state index contributed by atoms with van der Waals surface area (Å²) < 4.78 is 0.978. The van der Waals surface area contributed by atoms with E-state index in [0.29, 0.717) is 5.56 Å². The van der Waals surface area contributed by atoms with Gasteiger partial charge in [0, 0.05) is 3.57 Å². The van der Waals surface area contributed by atoms with E-state index in [4.69, 9.17) is 10.4 Å². The maximum atomic E-state index is 8.77. The Morgan fingerprint density at radius 1 is 1.45 bits per heavy atom. The maximum absolute atomic E-state index is 8.77. The van der Waals surface area contributed by atoms with Crippen molar-refractivity contribution in [2.24, 2.45) is 0 Å². The van der Waals surface area contributed by atoms with Crippen LogP contribution in [0.25, 0.3) is 0 Å². The third-order valence-electron chi connectivity index (χ3n) is 1.27. The topological polar surface area (TPSA) is 44.0 Å². The van der Waals surface area contributed by atoms with Crippen molar-refractivity contribution in [3.8, 4) is 6.07 Å². The first-order valence-corrected chi connectivity index (χ1v) is 4.14. The summed E-state index contributed by atoms with van der Waals surface area (Å²) in [5, 5.41) is 17.3. The molecule has 56 valence electrons. The first-order chi connectivity index (χ1) is 5.26. The first kappa shape index (κ1) is 8.50. The van der Waals surface area contributed by atoms with Crippen molar-refractivity contribution < 1.29 is 5.11 Å². The number of hydrogen-bond donors (Lipinski definition) is 1. The van der Waals surface area contributed by atoms with Gasteiger partial charge in [0.05, 0.1) is 18.2 Å². The van der Waals surface area contributed by atoms with Gasteiger partial charge in [-0.05, 0) is 46.4 Å². The minimum absolute atomic E-state index is 0.00841. The molecule has 1 rings (SSSR count). The van der Waals surface area contributed by atoms with Crippen LogP contribution in [-0.2, 0) is 6.61 Å². The van der Waals surface area contributed by atoms with Gasteiger partial charge in [-0.2, -0.15) is 5.26 Å². The zero-order chi connectivity index (χ0) is 8.27. The molecule has 0 aromatic heterocycles. The Morgan fingerprint density at radius 3 is 2.73 bits per heavy atom. The van der Waals surface area contributed by atoms with Crippen LogP contribution in [0.1, 0.15) is 11.1 Å². The zero-order valence-electron chi connectivity index (χ0n) is 5.71. The van der Waals surface area contributed by atoms with Gasteiger partial charge in [0.25, 0.3) is 0 Å². The van der Waals surface area contributed by atoms with Crippen molar-refractivity contribution in [3.05, 3.63) is 32.9 Å². The van der Waals surface area contributed by atoms with Gasteiger partial charge in [0.2, 0.25) is 0 Å². The van der Waals surface area contributed by atoms with Gasteiger partial charge in [0.1, 0.15) is 0 Å². The fourth-order valence-corrected chi connectivity index (χ4v) is 1.54. The van der Waals surface area contributed by atoms with Crippen molar-refractivity contribution in [2.45, 2.75) is 6.61 Å².